The van der Waals surface area contributed by atoms with E-state index in [4.69, 9.17) is 4.74 Å². The van der Waals surface area contributed by atoms with E-state index in [1.165, 1.54) is 31.1 Å². The van der Waals surface area contributed by atoms with E-state index in [0.29, 0.717) is 5.69 Å². The molecule has 2 atom stereocenters. The molecule has 0 bridgehead atoms. The topological polar surface area (TPSA) is 70.7 Å². The van der Waals surface area contributed by atoms with Crippen LogP contribution >= 0.6 is 0 Å². The highest BCUT2D eigenvalue weighted by Gasteiger charge is 2.21. The summed E-state index contributed by atoms with van der Waals surface area (Å²) in [6.07, 6.45) is -0.414. The van der Waals surface area contributed by atoms with E-state index in [-0.39, 0.29) is 23.8 Å². The molecule has 0 spiro atoms. The molecule has 0 saturated carbocycles. The highest BCUT2D eigenvalue weighted by molar-refractivity contribution is 5.92. The molecule has 2 N–H and O–H groups in total. The Morgan fingerprint density at radius 2 is 1.67 bits per heavy atom. The summed E-state index contributed by atoms with van der Waals surface area (Å²) in [5.74, 6) is -0.403. The molecule has 0 heterocycles. The Hall–Kier alpha value is -2.93. The number of hydrogen-bond acceptors (Lipinski definition) is 3. The van der Waals surface area contributed by atoms with E-state index in [2.05, 4.69) is 10.6 Å². The van der Waals surface area contributed by atoms with Crippen LogP contribution in [0.1, 0.15) is 25.5 Å². The van der Waals surface area contributed by atoms with Crippen LogP contribution in [0.4, 0.5) is 20.6 Å². The van der Waals surface area contributed by atoms with Crippen molar-refractivity contribution in [3.05, 3.63) is 59.9 Å². The molecule has 0 fully saturated rings. The molecule has 0 aromatic heterocycles. The molecule has 0 saturated heterocycles. The maximum atomic E-state index is 13.1. The van der Waals surface area contributed by atoms with Crippen molar-refractivity contribution in [1.82, 2.24) is 5.32 Å². The lowest BCUT2D eigenvalue weighted by Crippen LogP contribution is -2.40. The van der Waals surface area contributed by atoms with Gasteiger partial charge in [-0.2, -0.15) is 0 Å². The number of anilines is 2. The number of amides is 3. The fourth-order valence-electron chi connectivity index (χ4n) is 2.68. The zero-order valence-electron chi connectivity index (χ0n) is 15.8. The fraction of sp³-hybridized carbons (Fsp3) is 0.300. The van der Waals surface area contributed by atoms with Gasteiger partial charge in [-0.3, -0.25) is 4.79 Å². The number of benzene rings is 2. The van der Waals surface area contributed by atoms with E-state index in [9.17, 15) is 14.0 Å². The Labute approximate surface area is 158 Å². The van der Waals surface area contributed by atoms with Crippen molar-refractivity contribution < 1.29 is 18.7 Å². The maximum absolute atomic E-state index is 13.1. The Bertz CT molecular complexity index is 778. The van der Waals surface area contributed by atoms with Crippen molar-refractivity contribution in [2.75, 3.05) is 24.4 Å². The quantitative estimate of drug-likeness (QED) is 0.811. The lowest BCUT2D eigenvalue weighted by Gasteiger charge is -2.24. The Morgan fingerprint density at radius 1 is 1.07 bits per heavy atom. The summed E-state index contributed by atoms with van der Waals surface area (Å²) in [4.78, 5) is 25.1. The van der Waals surface area contributed by atoms with Crippen LogP contribution in [0.25, 0.3) is 0 Å². The maximum Gasteiger partial charge on any atom is 0.319 e. The van der Waals surface area contributed by atoms with Gasteiger partial charge in [-0.25, -0.2) is 9.18 Å². The first kappa shape index (κ1) is 20.4. The third kappa shape index (κ3) is 5.52. The van der Waals surface area contributed by atoms with E-state index in [0.717, 1.165) is 11.3 Å². The molecule has 27 heavy (non-hydrogen) atoms. The Balaban J connectivity index is 1.97. The van der Waals surface area contributed by atoms with Gasteiger partial charge in [0.05, 0.1) is 6.04 Å². The van der Waals surface area contributed by atoms with Gasteiger partial charge in [0.15, 0.2) is 0 Å². The molecule has 3 amide bonds. The van der Waals surface area contributed by atoms with Crippen LogP contribution in [0.15, 0.2) is 48.5 Å². The highest BCUT2D eigenvalue weighted by Crippen LogP contribution is 2.21. The summed E-state index contributed by atoms with van der Waals surface area (Å²) in [6.45, 7) is 3.29. The van der Waals surface area contributed by atoms with Gasteiger partial charge in [0, 0.05) is 32.5 Å². The number of rotatable bonds is 6. The zero-order valence-corrected chi connectivity index (χ0v) is 15.8. The molecular weight excluding hydrogens is 349 g/mol. The molecule has 7 heteroatoms. The Morgan fingerprint density at radius 3 is 2.19 bits per heavy atom. The van der Waals surface area contributed by atoms with Crippen LogP contribution in [0.2, 0.25) is 0 Å². The van der Waals surface area contributed by atoms with Crippen molar-refractivity contribution >= 4 is 23.3 Å². The predicted molar refractivity (Wildman–Crippen MR) is 103 cm³/mol. The third-order valence-electron chi connectivity index (χ3n) is 4.25. The molecular formula is C20H24FN3O3. The summed E-state index contributed by atoms with van der Waals surface area (Å²) in [5.41, 5.74) is 2.09. The van der Waals surface area contributed by atoms with Gasteiger partial charge in [-0.15, -0.1) is 0 Å². The number of urea groups is 1. The highest BCUT2D eigenvalue weighted by atomic mass is 19.1. The van der Waals surface area contributed by atoms with Crippen LogP contribution in [0.3, 0.4) is 0 Å². The van der Waals surface area contributed by atoms with Gasteiger partial charge in [-0.05, 0) is 48.9 Å². The van der Waals surface area contributed by atoms with Gasteiger partial charge in [0.2, 0.25) is 5.91 Å². The van der Waals surface area contributed by atoms with E-state index >= 15 is 0 Å². The number of carbonyl (C=O) groups excluding carboxylic acids is 2. The number of hydrogen-bond donors (Lipinski definition) is 2. The largest absolute Gasteiger partial charge is 0.375 e. The number of carbonyl (C=O) groups is 2. The van der Waals surface area contributed by atoms with Crippen molar-refractivity contribution in [2.24, 2.45) is 0 Å². The predicted octanol–water partition coefficient (Wildman–Crippen LogP) is 3.71. The monoisotopic (exact) mass is 373 g/mol. The molecule has 0 aliphatic carbocycles. The van der Waals surface area contributed by atoms with Crippen LogP contribution in [-0.4, -0.2) is 32.1 Å². The van der Waals surface area contributed by atoms with Crippen molar-refractivity contribution in [3.8, 4) is 0 Å². The molecule has 2 aromatic carbocycles. The van der Waals surface area contributed by atoms with E-state index in [1.807, 2.05) is 6.92 Å². The van der Waals surface area contributed by atoms with Crippen LogP contribution in [-0.2, 0) is 9.53 Å². The summed E-state index contributed by atoms with van der Waals surface area (Å²) in [7, 11) is 3.22. The standard InChI is InChI=1S/C20H24FN3O3/c1-13(19(27-4)15-5-7-16(21)8-6-15)22-20(26)23-17-9-11-18(12-10-17)24(3)14(2)25/h5-13,19H,1-4H3,(H2,22,23,26). The van der Waals surface area contributed by atoms with Crippen molar-refractivity contribution in [3.63, 3.8) is 0 Å². The van der Waals surface area contributed by atoms with E-state index in [1.54, 1.807) is 43.4 Å². The SMILES string of the molecule is COC(c1ccc(F)cc1)C(C)NC(=O)Nc1ccc(N(C)C(C)=O)cc1. The minimum absolute atomic E-state index is 0.0753. The normalized spacial score (nSPS) is 12.8. The molecule has 2 unspecified atom stereocenters. The zero-order chi connectivity index (χ0) is 20.0. The van der Waals surface area contributed by atoms with Crippen LogP contribution < -0.4 is 15.5 Å². The van der Waals surface area contributed by atoms with Crippen LogP contribution in [0, 0.1) is 5.82 Å². The summed E-state index contributed by atoms with van der Waals surface area (Å²) < 4.78 is 18.5. The first-order valence-corrected chi connectivity index (χ1v) is 8.52. The van der Waals surface area contributed by atoms with Gasteiger partial charge < -0.3 is 20.3 Å². The summed E-state index contributed by atoms with van der Waals surface area (Å²) in [5, 5.41) is 5.55. The Kier molecular flexibility index (Phi) is 6.90. The second kappa shape index (κ2) is 9.14. The molecule has 2 rings (SSSR count). The molecule has 144 valence electrons. The number of nitrogens with one attached hydrogen (secondary N) is 2. The van der Waals surface area contributed by atoms with Gasteiger partial charge >= 0.3 is 6.03 Å². The van der Waals surface area contributed by atoms with Gasteiger partial charge in [0.1, 0.15) is 11.9 Å². The number of nitrogens with zero attached hydrogens (tertiary/aromatic N) is 1. The molecule has 0 aliphatic heterocycles. The van der Waals surface area contributed by atoms with Crippen LogP contribution in [0.5, 0.6) is 0 Å². The molecule has 0 radical (unpaired) electrons. The fourth-order valence-corrected chi connectivity index (χ4v) is 2.68. The van der Waals surface area contributed by atoms with Gasteiger partial charge in [0.25, 0.3) is 0 Å². The van der Waals surface area contributed by atoms with Crippen molar-refractivity contribution in [2.45, 2.75) is 26.0 Å². The lowest BCUT2D eigenvalue weighted by atomic mass is 10.0. The number of methoxy groups -OCH3 is 1. The average Bonchev–Trinajstić information content (AvgIpc) is 2.63. The smallest absolute Gasteiger partial charge is 0.319 e. The second-order valence-electron chi connectivity index (χ2n) is 6.22. The van der Waals surface area contributed by atoms with Gasteiger partial charge in [-0.1, -0.05) is 12.1 Å². The summed E-state index contributed by atoms with van der Waals surface area (Å²) >= 11 is 0. The number of ether oxygens (including phenoxy) is 1. The molecule has 0 aliphatic rings. The third-order valence-corrected chi connectivity index (χ3v) is 4.25. The molecule has 6 nitrogen and oxygen atoms in total. The summed E-state index contributed by atoms with van der Waals surface area (Å²) in [6, 6.07) is 12.2. The average molecular weight is 373 g/mol. The number of halogens is 1. The van der Waals surface area contributed by atoms with Crippen molar-refractivity contribution in [1.29, 1.82) is 0 Å². The second-order valence-corrected chi connectivity index (χ2v) is 6.22. The van der Waals surface area contributed by atoms with E-state index < -0.39 is 6.10 Å². The first-order valence-electron chi connectivity index (χ1n) is 8.52. The molecule has 2 aromatic rings. The minimum atomic E-state index is -0.414. The lowest BCUT2D eigenvalue weighted by molar-refractivity contribution is -0.116. The first-order chi connectivity index (χ1) is 12.8. The minimum Gasteiger partial charge on any atom is -0.375 e.